The maximum atomic E-state index is 12.5. The molecule has 1 amide bonds. The highest BCUT2D eigenvalue weighted by atomic mass is 16.5. The van der Waals surface area contributed by atoms with E-state index in [1.807, 2.05) is 66.7 Å². The second-order valence-electron chi connectivity index (χ2n) is 6.91. The zero-order valence-electron chi connectivity index (χ0n) is 16.4. The Morgan fingerprint density at radius 2 is 1.72 bits per heavy atom. The van der Waals surface area contributed by atoms with Crippen molar-refractivity contribution in [3.63, 3.8) is 0 Å². The van der Waals surface area contributed by atoms with Gasteiger partial charge in [0, 0.05) is 22.2 Å². The fourth-order valence-electron chi connectivity index (χ4n) is 3.08. The van der Waals surface area contributed by atoms with Gasteiger partial charge < -0.3 is 14.5 Å². The Morgan fingerprint density at radius 1 is 0.966 bits per heavy atom. The van der Waals surface area contributed by atoms with Crippen LogP contribution in [-0.4, -0.2) is 12.5 Å². The largest absolute Gasteiger partial charge is 0.494 e. The minimum atomic E-state index is -0.151. The number of carbonyl (C=O) groups is 1. The first-order valence-electron chi connectivity index (χ1n) is 9.86. The number of benzene rings is 3. The van der Waals surface area contributed by atoms with Crippen molar-refractivity contribution in [2.45, 2.75) is 19.8 Å². The van der Waals surface area contributed by atoms with Crippen LogP contribution in [0.25, 0.3) is 22.3 Å². The van der Waals surface area contributed by atoms with E-state index in [1.165, 1.54) is 0 Å². The third kappa shape index (κ3) is 4.49. The summed E-state index contributed by atoms with van der Waals surface area (Å²) >= 11 is 0. The number of rotatable bonds is 7. The van der Waals surface area contributed by atoms with Gasteiger partial charge in [0.25, 0.3) is 5.91 Å². The van der Waals surface area contributed by atoms with Crippen molar-refractivity contribution in [3.05, 3.63) is 84.4 Å². The fraction of sp³-hybridized carbons (Fsp3) is 0.160. The number of furan rings is 1. The summed E-state index contributed by atoms with van der Waals surface area (Å²) in [7, 11) is 0. The van der Waals surface area contributed by atoms with E-state index < -0.39 is 0 Å². The first-order valence-corrected chi connectivity index (χ1v) is 9.86. The Hall–Kier alpha value is -3.53. The van der Waals surface area contributed by atoms with Crippen LogP contribution in [0.4, 0.5) is 5.69 Å². The lowest BCUT2D eigenvalue weighted by atomic mass is 10.1. The van der Waals surface area contributed by atoms with E-state index in [-0.39, 0.29) is 5.91 Å². The summed E-state index contributed by atoms with van der Waals surface area (Å²) in [5.41, 5.74) is 3.15. The van der Waals surface area contributed by atoms with Gasteiger partial charge in [0.2, 0.25) is 0 Å². The molecule has 0 aliphatic carbocycles. The molecular formula is C25H23NO3. The zero-order valence-corrected chi connectivity index (χ0v) is 16.4. The van der Waals surface area contributed by atoms with Crippen LogP contribution in [0, 0.1) is 0 Å². The number of anilines is 1. The van der Waals surface area contributed by atoms with Gasteiger partial charge in [-0.1, -0.05) is 31.5 Å². The fourth-order valence-corrected chi connectivity index (χ4v) is 3.08. The number of para-hydroxylation sites is 1. The molecule has 0 fully saturated rings. The molecule has 0 bridgehead atoms. The van der Waals surface area contributed by atoms with E-state index in [2.05, 4.69) is 12.2 Å². The minimum absolute atomic E-state index is 0.151. The summed E-state index contributed by atoms with van der Waals surface area (Å²) in [5.74, 6) is 1.44. The topological polar surface area (TPSA) is 51.5 Å². The Labute approximate surface area is 170 Å². The van der Waals surface area contributed by atoms with Crippen LogP contribution in [0.15, 0.2) is 83.3 Å². The van der Waals surface area contributed by atoms with Gasteiger partial charge in [0.15, 0.2) is 0 Å². The molecule has 146 valence electrons. The van der Waals surface area contributed by atoms with Crippen molar-refractivity contribution in [2.75, 3.05) is 11.9 Å². The third-order valence-corrected chi connectivity index (χ3v) is 4.74. The lowest BCUT2D eigenvalue weighted by molar-refractivity contribution is 0.102. The van der Waals surface area contributed by atoms with Crippen LogP contribution >= 0.6 is 0 Å². The van der Waals surface area contributed by atoms with E-state index in [4.69, 9.17) is 9.15 Å². The zero-order chi connectivity index (χ0) is 20.1. The first kappa shape index (κ1) is 18.8. The summed E-state index contributed by atoms with van der Waals surface area (Å²) in [6.07, 6.45) is 2.11. The second-order valence-corrected chi connectivity index (χ2v) is 6.91. The standard InChI is InChI=1S/C25H23NO3/c1-2-3-16-28-22-14-10-19(11-15-22)25(27)26-21-12-8-18(9-13-21)24-17-20-6-4-5-7-23(20)29-24/h4-15,17H,2-3,16H2,1H3,(H,26,27). The monoisotopic (exact) mass is 385 g/mol. The maximum Gasteiger partial charge on any atom is 0.255 e. The van der Waals surface area contributed by atoms with Crippen molar-refractivity contribution in [1.82, 2.24) is 0 Å². The summed E-state index contributed by atoms with van der Waals surface area (Å²) in [6.45, 7) is 2.82. The Bertz CT molecular complexity index is 1060. The van der Waals surface area contributed by atoms with Crippen LogP contribution in [-0.2, 0) is 0 Å². The highest BCUT2D eigenvalue weighted by Crippen LogP contribution is 2.28. The van der Waals surface area contributed by atoms with Gasteiger partial charge in [-0.3, -0.25) is 4.79 Å². The van der Waals surface area contributed by atoms with E-state index in [0.717, 1.165) is 46.6 Å². The average Bonchev–Trinajstić information content (AvgIpc) is 3.19. The molecule has 0 aliphatic rings. The van der Waals surface area contributed by atoms with Gasteiger partial charge in [-0.15, -0.1) is 0 Å². The molecule has 0 saturated carbocycles. The van der Waals surface area contributed by atoms with Crippen LogP contribution in [0.5, 0.6) is 5.75 Å². The molecule has 0 unspecified atom stereocenters. The smallest absolute Gasteiger partial charge is 0.255 e. The minimum Gasteiger partial charge on any atom is -0.494 e. The van der Waals surface area contributed by atoms with Gasteiger partial charge in [-0.25, -0.2) is 0 Å². The highest BCUT2D eigenvalue weighted by Gasteiger charge is 2.09. The Balaban J connectivity index is 1.41. The summed E-state index contributed by atoms with van der Waals surface area (Å²) in [4.78, 5) is 12.5. The van der Waals surface area contributed by atoms with Crippen LogP contribution < -0.4 is 10.1 Å². The Morgan fingerprint density at radius 3 is 2.45 bits per heavy atom. The van der Waals surface area contributed by atoms with Crippen molar-refractivity contribution in [2.24, 2.45) is 0 Å². The number of amides is 1. The molecule has 4 rings (SSSR count). The summed E-state index contributed by atoms with van der Waals surface area (Å²) in [5, 5.41) is 4.00. The average molecular weight is 385 g/mol. The molecule has 1 heterocycles. The summed E-state index contributed by atoms with van der Waals surface area (Å²) in [6, 6.07) is 24.8. The maximum absolute atomic E-state index is 12.5. The number of unbranched alkanes of at least 4 members (excludes halogenated alkanes) is 1. The lowest BCUT2D eigenvalue weighted by Crippen LogP contribution is -2.11. The van der Waals surface area contributed by atoms with Gasteiger partial charge in [-0.05, 0) is 67.1 Å². The van der Waals surface area contributed by atoms with E-state index in [9.17, 15) is 4.79 Å². The molecule has 29 heavy (non-hydrogen) atoms. The molecule has 3 aromatic carbocycles. The molecule has 4 nitrogen and oxygen atoms in total. The molecule has 1 N–H and O–H groups in total. The molecule has 4 aromatic rings. The van der Waals surface area contributed by atoms with Crippen molar-refractivity contribution < 1.29 is 13.9 Å². The molecule has 0 radical (unpaired) electrons. The number of carbonyl (C=O) groups excluding carboxylic acids is 1. The van der Waals surface area contributed by atoms with Crippen molar-refractivity contribution in [3.8, 4) is 17.1 Å². The van der Waals surface area contributed by atoms with E-state index in [0.29, 0.717) is 12.2 Å². The SMILES string of the molecule is CCCCOc1ccc(C(=O)Nc2ccc(-c3cc4ccccc4o3)cc2)cc1. The van der Waals surface area contributed by atoms with Crippen molar-refractivity contribution >= 4 is 22.6 Å². The number of fused-ring (bicyclic) bond motifs is 1. The van der Waals surface area contributed by atoms with E-state index >= 15 is 0 Å². The number of ether oxygens (including phenoxy) is 1. The second kappa shape index (κ2) is 8.65. The Kier molecular flexibility index (Phi) is 5.61. The molecule has 0 atom stereocenters. The van der Waals surface area contributed by atoms with Crippen LogP contribution in [0.1, 0.15) is 30.1 Å². The first-order chi connectivity index (χ1) is 14.2. The van der Waals surface area contributed by atoms with Gasteiger partial charge >= 0.3 is 0 Å². The lowest BCUT2D eigenvalue weighted by Gasteiger charge is -2.08. The van der Waals surface area contributed by atoms with Gasteiger partial charge in [0.1, 0.15) is 17.1 Å². The molecular weight excluding hydrogens is 362 g/mol. The number of hydrogen-bond acceptors (Lipinski definition) is 3. The van der Waals surface area contributed by atoms with E-state index in [1.54, 1.807) is 12.1 Å². The number of hydrogen-bond donors (Lipinski definition) is 1. The van der Waals surface area contributed by atoms with Crippen LogP contribution in [0.3, 0.4) is 0 Å². The molecule has 0 saturated heterocycles. The molecule has 4 heteroatoms. The predicted molar refractivity (Wildman–Crippen MR) is 116 cm³/mol. The molecule has 1 aromatic heterocycles. The van der Waals surface area contributed by atoms with Gasteiger partial charge in [-0.2, -0.15) is 0 Å². The highest BCUT2D eigenvalue weighted by molar-refractivity contribution is 6.04. The van der Waals surface area contributed by atoms with Gasteiger partial charge in [0.05, 0.1) is 6.61 Å². The third-order valence-electron chi connectivity index (χ3n) is 4.74. The quantitative estimate of drug-likeness (QED) is 0.368. The predicted octanol–water partition coefficient (Wildman–Crippen LogP) is 6.53. The van der Waals surface area contributed by atoms with Crippen LogP contribution in [0.2, 0.25) is 0 Å². The normalized spacial score (nSPS) is 10.8. The molecule has 0 aliphatic heterocycles. The molecule has 0 spiro atoms. The number of nitrogens with one attached hydrogen (secondary N) is 1. The summed E-state index contributed by atoms with van der Waals surface area (Å²) < 4.78 is 11.5. The van der Waals surface area contributed by atoms with Crippen molar-refractivity contribution in [1.29, 1.82) is 0 Å².